The van der Waals surface area contributed by atoms with Gasteiger partial charge in [0.2, 0.25) is 11.8 Å². The molecule has 6 rings (SSSR count). The van der Waals surface area contributed by atoms with Gasteiger partial charge in [-0.05, 0) is 31.2 Å². The highest BCUT2D eigenvalue weighted by atomic mass is 16.6. The maximum absolute atomic E-state index is 11.0. The van der Waals surface area contributed by atoms with Gasteiger partial charge in [0.25, 0.3) is 0 Å². The standard InChI is InChI=1S/C30H39N7O5/c1-18-15-32-28(41-18)25-23(39)24(40)29(42-25)37-17-33-22-26(31-13-12-19-8-4-2-5-9-19)35-30(36-27(22)37)34-21(16-38)14-20-10-6-3-7-11-20/h3,6-7,10-11,15,17,19,21,23-25,29,38-40H,2,4-5,8-9,12-14,16H2,1H3,(H2,31,34,35,36)/t21-,23-,24+,25-,29+/m0/s1. The molecule has 2 aliphatic rings. The van der Waals surface area contributed by atoms with Gasteiger partial charge in [0.1, 0.15) is 18.0 Å². The average molecular weight is 578 g/mol. The normalized spacial score (nSPS) is 23.8. The summed E-state index contributed by atoms with van der Waals surface area (Å²) < 4.78 is 13.3. The Labute approximate surface area is 244 Å². The number of aromatic nitrogens is 5. The van der Waals surface area contributed by atoms with Gasteiger partial charge in [-0.3, -0.25) is 4.57 Å². The van der Waals surface area contributed by atoms with Crippen molar-refractivity contribution >= 4 is 22.9 Å². The van der Waals surface area contributed by atoms with Crippen LogP contribution in [-0.2, 0) is 11.2 Å². The number of oxazole rings is 1. The van der Waals surface area contributed by atoms with Gasteiger partial charge in [-0.25, -0.2) is 9.97 Å². The van der Waals surface area contributed by atoms with Crippen LogP contribution < -0.4 is 10.6 Å². The fourth-order valence-corrected chi connectivity index (χ4v) is 6.00. The molecular weight excluding hydrogens is 538 g/mol. The van der Waals surface area contributed by atoms with E-state index >= 15 is 0 Å². The van der Waals surface area contributed by atoms with E-state index in [0.29, 0.717) is 41.0 Å². The molecule has 1 saturated heterocycles. The third kappa shape index (κ3) is 6.12. The maximum atomic E-state index is 11.0. The number of hydrogen-bond donors (Lipinski definition) is 5. The number of benzene rings is 1. The van der Waals surface area contributed by atoms with Crippen molar-refractivity contribution in [1.29, 1.82) is 0 Å². The number of aryl methyl sites for hydroxylation is 1. The Kier molecular flexibility index (Phi) is 8.66. The summed E-state index contributed by atoms with van der Waals surface area (Å²) in [5.74, 6) is 2.34. The molecule has 0 unspecified atom stereocenters. The third-order valence-corrected chi connectivity index (χ3v) is 8.26. The first-order valence-electron chi connectivity index (χ1n) is 14.8. The minimum Gasteiger partial charge on any atom is -0.443 e. The average Bonchev–Trinajstić information content (AvgIpc) is 3.71. The first-order valence-corrected chi connectivity index (χ1v) is 14.8. The summed E-state index contributed by atoms with van der Waals surface area (Å²) in [7, 11) is 0. The Balaban J connectivity index is 1.29. The lowest BCUT2D eigenvalue weighted by Gasteiger charge is -2.22. The first-order chi connectivity index (χ1) is 20.5. The van der Waals surface area contributed by atoms with E-state index in [1.807, 2.05) is 30.3 Å². The summed E-state index contributed by atoms with van der Waals surface area (Å²) in [5.41, 5.74) is 2.02. The number of fused-ring (bicyclic) bond motifs is 1. The lowest BCUT2D eigenvalue weighted by atomic mass is 9.87. The second-order valence-corrected chi connectivity index (χ2v) is 11.4. The third-order valence-electron chi connectivity index (χ3n) is 8.26. The molecule has 224 valence electrons. The molecule has 4 heterocycles. The number of imidazole rings is 1. The zero-order valence-corrected chi connectivity index (χ0v) is 23.8. The monoisotopic (exact) mass is 577 g/mol. The molecular formula is C30H39N7O5. The van der Waals surface area contributed by atoms with Gasteiger partial charge in [-0.1, -0.05) is 62.4 Å². The zero-order valence-electron chi connectivity index (χ0n) is 23.8. The van der Waals surface area contributed by atoms with Gasteiger partial charge in [-0.2, -0.15) is 9.97 Å². The molecule has 0 radical (unpaired) electrons. The van der Waals surface area contributed by atoms with Crippen molar-refractivity contribution in [3.63, 3.8) is 0 Å². The fourth-order valence-electron chi connectivity index (χ4n) is 6.00. The van der Waals surface area contributed by atoms with Gasteiger partial charge in [0.15, 0.2) is 29.3 Å². The van der Waals surface area contributed by atoms with Crippen LogP contribution in [0.2, 0.25) is 0 Å². The predicted molar refractivity (Wildman–Crippen MR) is 156 cm³/mol. The topological polar surface area (TPSA) is 164 Å². The van der Waals surface area contributed by atoms with Crippen LogP contribution in [-0.4, -0.2) is 71.2 Å². The SMILES string of the molecule is Cc1cnc([C@H]2O[C@@H](n3cnc4c(NCCC5CCCCC5)nc(N[C@H](CO)Cc5ccccc5)nc43)[C@H](O)[C@@H]2O)o1. The molecule has 4 aromatic rings. The molecule has 42 heavy (non-hydrogen) atoms. The van der Waals surface area contributed by atoms with Crippen LogP contribution in [0.4, 0.5) is 11.8 Å². The number of hydrogen-bond acceptors (Lipinski definition) is 11. The highest BCUT2D eigenvalue weighted by Gasteiger charge is 2.47. The molecule has 1 aliphatic carbocycles. The molecule has 1 aromatic carbocycles. The molecule has 2 fully saturated rings. The van der Waals surface area contributed by atoms with Crippen molar-refractivity contribution < 1.29 is 24.5 Å². The largest absolute Gasteiger partial charge is 0.443 e. The summed E-state index contributed by atoms with van der Waals surface area (Å²) in [5, 5.41) is 38.7. The number of aliphatic hydroxyl groups is 3. The van der Waals surface area contributed by atoms with Gasteiger partial charge in [-0.15, -0.1) is 0 Å². The Hall–Kier alpha value is -3.58. The highest BCUT2D eigenvalue weighted by molar-refractivity contribution is 5.84. The number of nitrogens with one attached hydrogen (secondary N) is 2. The summed E-state index contributed by atoms with van der Waals surface area (Å²) in [6.45, 7) is 2.37. The lowest BCUT2D eigenvalue weighted by molar-refractivity contribution is -0.0438. The van der Waals surface area contributed by atoms with Crippen LogP contribution in [0.3, 0.4) is 0 Å². The maximum Gasteiger partial charge on any atom is 0.227 e. The smallest absolute Gasteiger partial charge is 0.227 e. The van der Waals surface area contributed by atoms with Crippen molar-refractivity contribution in [2.75, 3.05) is 23.8 Å². The zero-order chi connectivity index (χ0) is 29.1. The number of aliphatic hydroxyl groups excluding tert-OH is 3. The van der Waals surface area contributed by atoms with Crippen molar-refractivity contribution in [3.8, 4) is 0 Å². The second-order valence-electron chi connectivity index (χ2n) is 11.4. The molecule has 5 atom stereocenters. The van der Waals surface area contributed by atoms with Gasteiger partial charge in [0, 0.05) is 6.54 Å². The van der Waals surface area contributed by atoms with Crippen LogP contribution in [0.25, 0.3) is 11.2 Å². The summed E-state index contributed by atoms with van der Waals surface area (Å²) in [6, 6.07) is 9.58. The molecule has 3 aromatic heterocycles. The quantitative estimate of drug-likeness (QED) is 0.177. The minimum absolute atomic E-state index is 0.117. The summed E-state index contributed by atoms with van der Waals surface area (Å²) >= 11 is 0. The van der Waals surface area contributed by atoms with E-state index in [9.17, 15) is 15.3 Å². The van der Waals surface area contributed by atoms with Crippen LogP contribution in [0, 0.1) is 12.8 Å². The van der Waals surface area contributed by atoms with E-state index in [4.69, 9.17) is 19.1 Å². The molecule has 0 bridgehead atoms. The van der Waals surface area contributed by atoms with Gasteiger partial charge >= 0.3 is 0 Å². The molecule has 12 nitrogen and oxygen atoms in total. The van der Waals surface area contributed by atoms with Crippen molar-refractivity contribution in [1.82, 2.24) is 24.5 Å². The fraction of sp³-hybridized carbons (Fsp3) is 0.533. The van der Waals surface area contributed by atoms with Crippen molar-refractivity contribution in [2.24, 2.45) is 5.92 Å². The Morgan fingerprint density at radius 3 is 2.60 bits per heavy atom. The van der Waals surface area contributed by atoms with Crippen LogP contribution in [0.15, 0.2) is 47.3 Å². The minimum atomic E-state index is -1.28. The molecule has 5 N–H and O–H groups in total. The Morgan fingerprint density at radius 1 is 1.05 bits per heavy atom. The van der Waals surface area contributed by atoms with Crippen LogP contribution in [0.5, 0.6) is 0 Å². The Morgan fingerprint density at radius 2 is 1.86 bits per heavy atom. The predicted octanol–water partition coefficient (Wildman–Crippen LogP) is 3.51. The van der Waals surface area contributed by atoms with E-state index in [0.717, 1.165) is 18.5 Å². The highest BCUT2D eigenvalue weighted by Crippen LogP contribution is 2.40. The molecule has 1 aliphatic heterocycles. The number of rotatable bonds is 11. The lowest BCUT2D eigenvalue weighted by Crippen LogP contribution is -2.29. The van der Waals surface area contributed by atoms with Crippen LogP contribution in [0.1, 0.15) is 68.1 Å². The summed E-state index contributed by atoms with van der Waals surface area (Å²) in [6.07, 6.45) is 6.61. The van der Waals surface area contributed by atoms with E-state index in [1.54, 1.807) is 17.7 Å². The van der Waals surface area contributed by atoms with Gasteiger partial charge in [0.05, 0.1) is 25.2 Å². The van der Waals surface area contributed by atoms with Crippen molar-refractivity contribution in [3.05, 3.63) is 60.1 Å². The number of nitrogens with zero attached hydrogens (tertiary/aromatic N) is 5. The molecule has 12 heteroatoms. The molecule has 1 saturated carbocycles. The first kappa shape index (κ1) is 28.5. The van der Waals surface area contributed by atoms with Crippen LogP contribution >= 0.6 is 0 Å². The molecule has 0 spiro atoms. The van der Waals surface area contributed by atoms with Gasteiger partial charge < -0.3 is 35.1 Å². The van der Waals surface area contributed by atoms with Crippen molar-refractivity contribution in [2.45, 2.75) is 82.5 Å². The summed E-state index contributed by atoms with van der Waals surface area (Å²) in [4.78, 5) is 18.3. The van der Waals surface area contributed by atoms with E-state index in [-0.39, 0.29) is 18.5 Å². The Bertz CT molecular complexity index is 1460. The van der Waals surface area contributed by atoms with E-state index in [1.165, 1.54) is 38.4 Å². The molecule has 0 amide bonds. The van der Waals surface area contributed by atoms with E-state index < -0.39 is 24.5 Å². The van der Waals surface area contributed by atoms with E-state index in [2.05, 4.69) is 20.6 Å². The number of ether oxygens (including phenoxy) is 1. The number of anilines is 2. The second kappa shape index (κ2) is 12.7.